The van der Waals surface area contributed by atoms with Crippen molar-refractivity contribution >= 4 is 46.6 Å². The van der Waals surface area contributed by atoms with Crippen LogP contribution in [0.5, 0.6) is 0 Å². The van der Waals surface area contributed by atoms with Crippen molar-refractivity contribution in [3.8, 4) is 11.1 Å². The molecule has 0 spiro atoms. The molecule has 6 nitrogen and oxygen atoms in total. The zero-order valence-electron chi connectivity index (χ0n) is 20.0. The summed E-state index contributed by atoms with van der Waals surface area (Å²) in [5.41, 5.74) is 2.21. The summed E-state index contributed by atoms with van der Waals surface area (Å²) >= 11 is 18.4. The largest absolute Gasteiger partial charge is 0.334 e. The third-order valence-electron chi connectivity index (χ3n) is 6.59. The lowest BCUT2D eigenvalue weighted by molar-refractivity contribution is 0.0383. The van der Waals surface area contributed by atoms with E-state index >= 15 is 0 Å². The molecule has 0 radical (unpaired) electrons. The minimum Gasteiger partial charge on any atom is -0.334 e. The van der Waals surface area contributed by atoms with E-state index in [1.54, 1.807) is 76.5 Å². The molecule has 0 aliphatic carbocycles. The third kappa shape index (κ3) is 5.34. The normalized spacial score (nSPS) is 15.4. The van der Waals surface area contributed by atoms with Crippen LogP contribution in [0.25, 0.3) is 11.1 Å². The van der Waals surface area contributed by atoms with Crippen LogP contribution >= 0.6 is 34.8 Å². The van der Waals surface area contributed by atoms with Crippen molar-refractivity contribution in [2.45, 2.75) is 6.04 Å². The first-order valence-electron chi connectivity index (χ1n) is 11.9. The van der Waals surface area contributed by atoms with Gasteiger partial charge in [-0.2, -0.15) is 0 Å². The van der Waals surface area contributed by atoms with E-state index in [2.05, 4.69) is 4.98 Å². The number of rotatable bonds is 4. The van der Waals surface area contributed by atoms with Crippen molar-refractivity contribution in [1.29, 1.82) is 0 Å². The smallest absolute Gasteiger partial charge is 0.255 e. The molecule has 2 heterocycles. The van der Waals surface area contributed by atoms with E-state index in [1.807, 2.05) is 12.1 Å². The highest BCUT2D eigenvalue weighted by atomic mass is 35.5. The molecule has 1 aliphatic rings. The van der Waals surface area contributed by atoms with Crippen molar-refractivity contribution < 1.29 is 9.59 Å². The average molecular weight is 567 g/mol. The first kappa shape index (κ1) is 26.0. The van der Waals surface area contributed by atoms with E-state index in [-0.39, 0.29) is 23.9 Å². The summed E-state index contributed by atoms with van der Waals surface area (Å²) in [4.78, 5) is 45.8. The molecule has 0 saturated carbocycles. The number of pyridine rings is 1. The summed E-state index contributed by atoms with van der Waals surface area (Å²) in [6.07, 6.45) is 1.41. The number of nitrogens with one attached hydrogen (secondary N) is 1. The average Bonchev–Trinajstić information content (AvgIpc) is 2.93. The Labute approximate surface area is 234 Å². The van der Waals surface area contributed by atoms with E-state index in [0.717, 1.165) is 5.56 Å². The van der Waals surface area contributed by atoms with Gasteiger partial charge < -0.3 is 14.8 Å². The monoisotopic (exact) mass is 565 g/mol. The lowest BCUT2D eigenvalue weighted by Crippen LogP contribution is -2.52. The van der Waals surface area contributed by atoms with Crippen LogP contribution in [0.1, 0.15) is 32.3 Å². The van der Waals surface area contributed by atoms with Crippen LogP contribution in [0.4, 0.5) is 0 Å². The summed E-state index contributed by atoms with van der Waals surface area (Å²) in [6.45, 7) is 0.907. The molecular weight excluding hydrogens is 545 g/mol. The summed E-state index contributed by atoms with van der Waals surface area (Å²) in [5, 5.41) is 1.54. The third-order valence-corrected chi connectivity index (χ3v) is 7.42. The molecule has 1 unspecified atom stereocenters. The number of amides is 2. The van der Waals surface area contributed by atoms with Gasteiger partial charge in [0.2, 0.25) is 0 Å². The Morgan fingerprint density at radius 3 is 2.11 bits per heavy atom. The van der Waals surface area contributed by atoms with Gasteiger partial charge in [0.1, 0.15) is 0 Å². The number of piperazine rings is 1. The number of hydrogen-bond acceptors (Lipinski definition) is 3. The van der Waals surface area contributed by atoms with Crippen molar-refractivity contribution in [2.24, 2.45) is 0 Å². The number of benzene rings is 3. The Kier molecular flexibility index (Phi) is 7.56. The quantitative estimate of drug-likeness (QED) is 0.313. The number of hydrogen-bond donors (Lipinski definition) is 1. The number of nitrogens with zero attached hydrogens (tertiary/aromatic N) is 2. The molecule has 9 heteroatoms. The molecule has 1 atom stereocenters. The number of H-pyrrole nitrogens is 1. The first-order chi connectivity index (χ1) is 18.3. The lowest BCUT2D eigenvalue weighted by Gasteiger charge is -2.42. The van der Waals surface area contributed by atoms with E-state index in [1.165, 1.54) is 6.20 Å². The molecule has 192 valence electrons. The predicted octanol–water partition coefficient (Wildman–Crippen LogP) is 6.34. The minimum atomic E-state index is -0.404. The van der Waals surface area contributed by atoms with E-state index in [9.17, 15) is 14.4 Å². The van der Waals surface area contributed by atoms with Crippen LogP contribution in [0.15, 0.2) is 89.9 Å². The topological polar surface area (TPSA) is 73.5 Å². The zero-order chi connectivity index (χ0) is 26.8. The second-order valence-corrected chi connectivity index (χ2v) is 10.2. The number of carbonyl (C=O) groups is 2. The molecule has 4 aromatic rings. The fourth-order valence-electron chi connectivity index (χ4n) is 4.61. The van der Waals surface area contributed by atoms with Gasteiger partial charge in [-0.3, -0.25) is 14.4 Å². The van der Waals surface area contributed by atoms with Crippen molar-refractivity contribution in [3.63, 3.8) is 0 Å². The van der Waals surface area contributed by atoms with Crippen LogP contribution in [-0.2, 0) is 0 Å². The molecule has 1 N–H and O–H groups in total. The SMILES string of the molecule is O=C(c1c[nH]c(=O)c(-c2ccccc2Cl)c1)N1CCN(C(=O)c2ccc(Cl)cc2)C(c2ccc(Cl)cc2)C1. The number of halogens is 3. The number of carbonyl (C=O) groups excluding carboxylic acids is 2. The first-order valence-corrected chi connectivity index (χ1v) is 13.0. The highest BCUT2D eigenvalue weighted by molar-refractivity contribution is 6.33. The van der Waals surface area contributed by atoms with Gasteiger partial charge in [0.05, 0.1) is 11.6 Å². The van der Waals surface area contributed by atoms with Crippen molar-refractivity contribution in [1.82, 2.24) is 14.8 Å². The summed E-state index contributed by atoms with van der Waals surface area (Å²) in [7, 11) is 0. The van der Waals surface area contributed by atoms with Gasteiger partial charge in [-0.25, -0.2) is 0 Å². The van der Waals surface area contributed by atoms with Gasteiger partial charge in [0.25, 0.3) is 17.4 Å². The fraction of sp³-hybridized carbons (Fsp3) is 0.138. The van der Waals surface area contributed by atoms with E-state index in [0.29, 0.717) is 50.4 Å². The maximum atomic E-state index is 13.6. The standard InChI is InChI=1S/C29H22Cl3N3O3/c30-21-9-5-18(6-10-21)26-17-34(13-14-35(26)29(38)19-7-11-22(31)12-8-19)28(37)20-15-24(27(36)33-16-20)23-3-1-2-4-25(23)32/h1-12,15-16,26H,13-14,17H2,(H,33,36). The molecular formula is C29H22Cl3N3O3. The summed E-state index contributed by atoms with van der Waals surface area (Å²) in [5.74, 6) is -0.411. The number of aromatic nitrogens is 1. The summed E-state index contributed by atoms with van der Waals surface area (Å²) < 4.78 is 0. The lowest BCUT2D eigenvalue weighted by atomic mass is 10.00. The molecule has 1 aromatic heterocycles. The molecule has 38 heavy (non-hydrogen) atoms. The number of aromatic amines is 1. The van der Waals surface area contributed by atoms with E-state index < -0.39 is 6.04 Å². The van der Waals surface area contributed by atoms with Gasteiger partial charge in [-0.1, -0.05) is 65.1 Å². The van der Waals surface area contributed by atoms with Gasteiger partial charge >= 0.3 is 0 Å². The van der Waals surface area contributed by atoms with Crippen molar-refractivity contribution in [2.75, 3.05) is 19.6 Å². The summed E-state index contributed by atoms with van der Waals surface area (Å²) in [6, 6.07) is 22.1. The fourth-order valence-corrected chi connectivity index (χ4v) is 5.10. The minimum absolute atomic E-state index is 0.154. The second kappa shape index (κ2) is 11.0. The Bertz CT molecular complexity index is 1550. The molecule has 2 amide bonds. The van der Waals surface area contributed by atoms with E-state index in [4.69, 9.17) is 34.8 Å². The van der Waals surface area contributed by atoms with Crippen LogP contribution in [0, 0.1) is 0 Å². The Morgan fingerprint density at radius 2 is 1.42 bits per heavy atom. The highest BCUT2D eigenvalue weighted by Crippen LogP contribution is 2.30. The van der Waals surface area contributed by atoms with Crippen LogP contribution < -0.4 is 5.56 Å². The van der Waals surface area contributed by atoms with Gasteiger partial charge in [-0.05, 0) is 54.1 Å². The van der Waals surface area contributed by atoms with Gasteiger partial charge in [0.15, 0.2) is 0 Å². The van der Waals surface area contributed by atoms with Gasteiger partial charge in [-0.15, -0.1) is 0 Å². The Hall–Kier alpha value is -3.58. The molecule has 1 fully saturated rings. The maximum Gasteiger partial charge on any atom is 0.255 e. The highest BCUT2D eigenvalue weighted by Gasteiger charge is 2.34. The van der Waals surface area contributed by atoms with Crippen LogP contribution in [-0.4, -0.2) is 46.2 Å². The zero-order valence-corrected chi connectivity index (χ0v) is 22.3. The molecule has 1 saturated heterocycles. The van der Waals surface area contributed by atoms with Crippen molar-refractivity contribution in [3.05, 3.63) is 127 Å². The van der Waals surface area contributed by atoms with Crippen LogP contribution in [0.2, 0.25) is 15.1 Å². The second-order valence-electron chi connectivity index (χ2n) is 8.93. The Balaban J connectivity index is 1.45. The molecule has 0 bridgehead atoms. The van der Waals surface area contributed by atoms with Gasteiger partial charge in [0, 0.05) is 57.6 Å². The van der Waals surface area contributed by atoms with Crippen LogP contribution in [0.3, 0.4) is 0 Å². The Morgan fingerprint density at radius 1 is 0.763 bits per heavy atom. The predicted molar refractivity (Wildman–Crippen MR) is 150 cm³/mol. The maximum absolute atomic E-state index is 13.6. The molecule has 5 rings (SSSR count). The molecule has 3 aromatic carbocycles. The molecule has 1 aliphatic heterocycles.